The summed E-state index contributed by atoms with van der Waals surface area (Å²) in [6.07, 6.45) is 8.40. The van der Waals surface area contributed by atoms with Crippen molar-refractivity contribution in [2.45, 2.75) is 51.0 Å². The van der Waals surface area contributed by atoms with E-state index in [9.17, 15) is 4.79 Å². The van der Waals surface area contributed by atoms with Crippen molar-refractivity contribution in [1.29, 1.82) is 0 Å². The van der Waals surface area contributed by atoms with Crippen molar-refractivity contribution in [3.05, 3.63) is 0 Å². The molecular weight excluding hydrogens is 290 g/mol. The number of methoxy groups -OCH3 is 1. The molecule has 3 fully saturated rings. The Labute approximate surface area is 140 Å². The number of urea groups is 1. The van der Waals surface area contributed by atoms with Crippen LogP contribution in [0, 0.1) is 11.3 Å². The van der Waals surface area contributed by atoms with Gasteiger partial charge in [0.05, 0.1) is 6.61 Å². The number of hydrogen-bond donors (Lipinski definition) is 1. The summed E-state index contributed by atoms with van der Waals surface area (Å²) in [4.78, 5) is 17.0. The summed E-state index contributed by atoms with van der Waals surface area (Å²) in [6.45, 7) is 4.92. The summed E-state index contributed by atoms with van der Waals surface area (Å²) in [6, 6.07) is 0.576. The Bertz CT molecular complexity index is 401. The molecule has 5 nitrogen and oxygen atoms in total. The van der Waals surface area contributed by atoms with E-state index in [1.54, 1.807) is 7.11 Å². The van der Waals surface area contributed by atoms with Gasteiger partial charge in [0.15, 0.2) is 0 Å². The van der Waals surface area contributed by atoms with Crippen LogP contribution in [0.15, 0.2) is 0 Å². The standard InChI is InChI=1S/C18H33N3O2/c1-20-12-15(13-23-2)18(14-20)8-10-21(11-9-18)17(22)19-16-6-4-3-5-7-16/h15-16H,3-14H2,1-2H3,(H,19,22). The number of ether oxygens (including phenoxy) is 1. The Kier molecular flexibility index (Phi) is 5.47. The van der Waals surface area contributed by atoms with Crippen molar-refractivity contribution in [3.63, 3.8) is 0 Å². The molecule has 1 aliphatic carbocycles. The Morgan fingerprint density at radius 3 is 2.57 bits per heavy atom. The zero-order valence-corrected chi connectivity index (χ0v) is 14.9. The second-order valence-electron chi connectivity index (χ2n) is 7.98. The highest BCUT2D eigenvalue weighted by atomic mass is 16.5. The molecule has 0 aromatic rings. The molecule has 1 saturated carbocycles. The number of amides is 2. The number of carbonyl (C=O) groups is 1. The first-order chi connectivity index (χ1) is 11.1. The third kappa shape index (κ3) is 3.82. The van der Waals surface area contributed by atoms with Gasteiger partial charge in [0.2, 0.25) is 0 Å². The zero-order chi connectivity index (χ0) is 16.3. The van der Waals surface area contributed by atoms with Crippen LogP contribution in [-0.4, -0.2) is 68.8 Å². The van der Waals surface area contributed by atoms with Crippen LogP contribution < -0.4 is 5.32 Å². The van der Waals surface area contributed by atoms with E-state index in [-0.39, 0.29) is 6.03 Å². The molecular formula is C18H33N3O2. The van der Waals surface area contributed by atoms with E-state index in [1.807, 2.05) is 4.90 Å². The molecule has 1 unspecified atom stereocenters. The number of hydrogen-bond acceptors (Lipinski definition) is 3. The molecule has 2 amide bonds. The molecule has 23 heavy (non-hydrogen) atoms. The summed E-state index contributed by atoms with van der Waals surface area (Å²) in [5.41, 5.74) is 0.354. The van der Waals surface area contributed by atoms with Gasteiger partial charge in [-0.15, -0.1) is 0 Å². The fourth-order valence-electron chi connectivity index (χ4n) is 4.97. The minimum absolute atomic E-state index is 0.168. The highest BCUT2D eigenvalue weighted by molar-refractivity contribution is 5.74. The quantitative estimate of drug-likeness (QED) is 0.867. The summed E-state index contributed by atoms with van der Waals surface area (Å²) in [7, 11) is 4.01. The van der Waals surface area contributed by atoms with Crippen molar-refractivity contribution in [1.82, 2.24) is 15.1 Å². The fraction of sp³-hybridized carbons (Fsp3) is 0.944. The predicted molar refractivity (Wildman–Crippen MR) is 91.5 cm³/mol. The molecule has 1 atom stereocenters. The van der Waals surface area contributed by atoms with Gasteiger partial charge in [0, 0.05) is 45.2 Å². The molecule has 1 N–H and O–H groups in total. The van der Waals surface area contributed by atoms with Crippen LogP contribution in [0.3, 0.4) is 0 Å². The van der Waals surface area contributed by atoms with Gasteiger partial charge < -0.3 is 19.9 Å². The molecule has 2 heterocycles. The van der Waals surface area contributed by atoms with Gasteiger partial charge in [-0.2, -0.15) is 0 Å². The van der Waals surface area contributed by atoms with Crippen molar-refractivity contribution in [3.8, 4) is 0 Å². The molecule has 3 aliphatic rings. The number of piperidine rings is 1. The lowest BCUT2D eigenvalue weighted by Gasteiger charge is -2.43. The van der Waals surface area contributed by atoms with Gasteiger partial charge in [-0.05, 0) is 38.1 Å². The molecule has 0 radical (unpaired) electrons. The normalized spacial score (nSPS) is 29.1. The van der Waals surface area contributed by atoms with E-state index in [0.717, 1.165) is 58.5 Å². The predicted octanol–water partition coefficient (Wildman–Crippen LogP) is 2.32. The van der Waals surface area contributed by atoms with Gasteiger partial charge >= 0.3 is 6.03 Å². The lowest BCUT2D eigenvalue weighted by Crippen LogP contribution is -2.52. The van der Waals surface area contributed by atoms with E-state index in [4.69, 9.17) is 4.74 Å². The first-order valence-electron chi connectivity index (χ1n) is 9.36. The molecule has 132 valence electrons. The Hall–Kier alpha value is -0.810. The first kappa shape index (κ1) is 17.0. The number of carbonyl (C=O) groups excluding carboxylic acids is 1. The fourth-order valence-corrected chi connectivity index (χ4v) is 4.97. The lowest BCUT2D eigenvalue weighted by atomic mass is 9.71. The summed E-state index contributed by atoms with van der Waals surface area (Å²) in [5.74, 6) is 0.612. The molecule has 3 rings (SSSR count). The van der Waals surface area contributed by atoms with E-state index in [1.165, 1.54) is 19.3 Å². The third-order valence-electron chi connectivity index (χ3n) is 6.33. The van der Waals surface area contributed by atoms with Crippen LogP contribution in [0.5, 0.6) is 0 Å². The molecule has 0 aromatic carbocycles. The van der Waals surface area contributed by atoms with E-state index >= 15 is 0 Å². The van der Waals surface area contributed by atoms with Crippen molar-refractivity contribution < 1.29 is 9.53 Å². The minimum Gasteiger partial charge on any atom is -0.384 e. The molecule has 2 aliphatic heterocycles. The van der Waals surface area contributed by atoms with Gasteiger partial charge in [-0.1, -0.05) is 19.3 Å². The van der Waals surface area contributed by atoms with Crippen LogP contribution >= 0.6 is 0 Å². The monoisotopic (exact) mass is 323 g/mol. The summed E-state index contributed by atoms with van der Waals surface area (Å²) >= 11 is 0. The van der Waals surface area contributed by atoms with Crippen LogP contribution in [-0.2, 0) is 4.74 Å². The van der Waals surface area contributed by atoms with Gasteiger partial charge in [-0.25, -0.2) is 4.79 Å². The zero-order valence-electron chi connectivity index (χ0n) is 14.9. The maximum Gasteiger partial charge on any atom is 0.317 e. The Morgan fingerprint density at radius 2 is 1.91 bits per heavy atom. The van der Waals surface area contributed by atoms with Crippen molar-refractivity contribution >= 4 is 6.03 Å². The van der Waals surface area contributed by atoms with Crippen molar-refractivity contribution in [2.24, 2.45) is 11.3 Å². The Morgan fingerprint density at radius 1 is 1.22 bits per heavy atom. The maximum absolute atomic E-state index is 12.5. The first-order valence-corrected chi connectivity index (χ1v) is 9.36. The van der Waals surface area contributed by atoms with E-state index in [2.05, 4.69) is 17.3 Å². The summed E-state index contributed by atoms with van der Waals surface area (Å²) < 4.78 is 5.46. The largest absolute Gasteiger partial charge is 0.384 e. The average Bonchev–Trinajstić information content (AvgIpc) is 2.84. The van der Waals surface area contributed by atoms with Crippen LogP contribution in [0.2, 0.25) is 0 Å². The third-order valence-corrected chi connectivity index (χ3v) is 6.33. The molecule has 5 heteroatoms. The maximum atomic E-state index is 12.5. The van der Waals surface area contributed by atoms with Gasteiger partial charge in [0.25, 0.3) is 0 Å². The van der Waals surface area contributed by atoms with Crippen LogP contribution in [0.1, 0.15) is 44.9 Å². The second-order valence-corrected chi connectivity index (χ2v) is 7.98. The Balaban J connectivity index is 1.52. The second kappa shape index (κ2) is 7.39. The minimum atomic E-state index is 0.168. The van der Waals surface area contributed by atoms with Crippen LogP contribution in [0.4, 0.5) is 4.79 Å². The van der Waals surface area contributed by atoms with Crippen molar-refractivity contribution in [2.75, 3.05) is 46.9 Å². The average molecular weight is 323 g/mol. The van der Waals surface area contributed by atoms with Crippen LogP contribution in [0.25, 0.3) is 0 Å². The molecule has 0 aromatic heterocycles. The number of rotatable bonds is 3. The summed E-state index contributed by atoms with van der Waals surface area (Å²) in [5, 5.41) is 3.26. The van der Waals surface area contributed by atoms with E-state index < -0.39 is 0 Å². The lowest BCUT2D eigenvalue weighted by molar-refractivity contribution is 0.0466. The smallest absolute Gasteiger partial charge is 0.317 e. The molecule has 2 saturated heterocycles. The topological polar surface area (TPSA) is 44.8 Å². The number of likely N-dealkylation sites (tertiary alicyclic amines) is 2. The highest BCUT2D eigenvalue weighted by Gasteiger charge is 2.47. The molecule has 0 bridgehead atoms. The van der Waals surface area contributed by atoms with E-state index in [0.29, 0.717) is 17.4 Å². The van der Waals surface area contributed by atoms with Gasteiger partial charge in [0.1, 0.15) is 0 Å². The SMILES string of the molecule is COCC1CN(C)CC12CCN(C(=O)NC1CCCCC1)CC2. The highest BCUT2D eigenvalue weighted by Crippen LogP contribution is 2.44. The molecule has 1 spiro atoms. The van der Waals surface area contributed by atoms with Gasteiger partial charge in [-0.3, -0.25) is 0 Å². The number of nitrogens with one attached hydrogen (secondary N) is 1. The number of nitrogens with zero attached hydrogens (tertiary/aromatic N) is 2.